The van der Waals surface area contributed by atoms with Gasteiger partial charge in [-0.2, -0.15) is 0 Å². The molecule has 10 bridgehead atoms. The number of esters is 1. The third kappa shape index (κ3) is 18.4. The van der Waals surface area contributed by atoms with E-state index in [4.69, 9.17) is 69.2 Å². The number of benzene rings is 7. The van der Waals surface area contributed by atoms with Crippen LogP contribution < -0.4 is 0 Å². The SMILES string of the molecule is C.CCc1cc(C2C3CCC(C[C@@H]2c2ccc(Cl)cc2)N3C)on1.CCc1cc(C2C3CCC(C[C@@H]2c2ccc(Cl)cc2)N3C)on1.CN1C2CCC1C(c1cc(C(C)(C)C)no1)[C@@H](c1ccc(Cl)cc1)C2.COC(=O)C1C(c2ccc3ccccc3c2)CC2CCC1N2C.Cc1ccc(-c2cc([C@@H]3C4CCC(C[C@@H]3c3ccc(Cl)cc3)N4C)on2)cc1. The van der Waals surface area contributed by atoms with Crippen LogP contribution in [0.2, 0.25) is 20.1 Å². The second kappa shape index (κ2) is 37.9. The van der Waals surface area contributed by atoms with E-state index >= 15 is 0 Å². The average molecular weight is 1740 g/mol. The molecule has 0 N–H and O–H groups in total. The number of rotatable bonds is 13. The standard InChI is InChI=1S/C24H25ClN2O.C21H27ClN2O.C20H23NO2.2C19H23ClN2O.CH4/c1-15-3-5-17(6-4-15)21-14-23(28-26-21)24-20(16-7-9-18(25)10-8-16)13-19-11-12-22(24)27(19)2;1-21(2,3)19-12-18(25-23-19)20-16(13-5-7-14(22)8-6-13)11-15-9-10-17(20)24(15)4;1-21-16-9-10-18(21)19(20(22)23-2)17(12-16)15-8-7-13-5-3-4-6-14(13)11-15;2*1-3-14-10-18(23-21-14)19-16(12-4-6-13(20)7-5-12)11-15-8-9-17(19)22(15)2;/h3-10,14,19-20,22,24H,11-13H2,1-2H3;5-8,12,15-17,20H,9-11H2,1-4H3;3-8,11,16-19H,9-10,12H2,1-2H3;2*4-7,10,15-17,19H,3,8-9,11H2,1-2H3;1H4/t19?,20-,22?,24+;15?,16-,17?,20?;;2*15?,16-,17?,19?;/m11.11./s1. The van der Waals surface area contributed by atoms with Crippen LogP contribution in [0, 0.1) is 12.8 Å². The van der Waals surface area contributed by atoms with E-state index in [-0.39, 0.29) is 30.6 Å². The molecule has 0 saturated carbocycles. The van der Waals surface area contributed by atoms with Crippen molar-refractivity contribution >= 4 is 63.1 Å². The number of aryl methyl sites for hydroxylation is 3. The molecule has 14 heterocycles. The predicted molar refractivity (Wildman–Crippen MR) is 496 cm³/mol. The number of hydrogen-bond donors (Lipinski definition) is 0. The summed E-state index contributed by atoms with van der Waals surface area (Å²) in [5.41, 5.74) is 13.2. The van der Waals surface area contributed by atoms with Gasteiger partial charge in [-0.05, 0) is 262 Å². The number of halogens is 4. The molecule has 10 saturated heterocycles. The fourth-order valence-corrected chi connectivity index (χ4v) is 24.2. The Morgan fingerprint density at radius 1 is 0.390 bits per heavy atom. The second-order valence-corrected chi connectivity index (χ2v) is 39.7. The van der Waals surface area contributed by atoms with Crippen LogP contribution in [0.3, 0.4) is 0 Å². The van der Waals surface area contributed by atoms with Crippen molar-refractivity contribution in [1.82, 2.24) is 45.1 Å². The Morgan fingerprint density at radius 2 is 0.724 bits per heavy atom. The summed E-state index contributed by atoms with van der Waals surface area (Å²) in [6.45, 7) is 12.9. The van der Waals surface area contributed by atoms with E-state index in [0.717, 1.165) is 104 Å². The van der Waals surface area contributed by atoms with Gasteiger partial charge in [-0.25, -0.2) is 0 Å². The van der Waals surface area contributed by atoms with Crippen molar-refractivity contribution in [3.63, 3.8) is 0 Å². The molecule has 123 heavy (non-hydrogen) atoms. The highest BCUT2D eigenvalue weighted by atomic mass is 35.5. The fourth-order valence-electron chi connectivity index (χ4n) is 23.7. The van der Waals surface area contributed by atoms with E-state index in [1.54, 1.807) is 0 Å². The van der Waals surface area contributed by atoms with E-state index in [1.807, 2.05) is 48.5 Å². The Balaban J connectivity index is 0.000000114. The van der Waals surface area contributed by atoms with Gasteiger partial charge in [0.05, 0.1) is 30.1 Å². The van der Waals surface area contributed by atoms with Crippen molar-refractivity contribution in [3.05, 3.63) is 282 Å². The summed E-state index contributed by atoms with van der Waals surface area (Å²) in [5.74, 6) is 7.62. The molecule has 4 aromatic heterocycles. The molecule has 21 rings (SSSR count). The molecule has 10 fully saturated rings. The number of hydrogen-bond acceptors (Lipinski definition) is 15. The quantitative estimate of drug-likeness (QED) is 0.101. The Morgan fingerprint density at radius 3 is 1.09 bits per heavy atom. The maximum atomic E-state index is 12.5. The molecule has 7 aromatic carbocycles. The second-order valence-electron chi connectivity index (χ2n) is 38.0. The number of ether oxygens (including phenoxy) is 1. The number of nitrogens with zero attached hydrogens (tertiary/aromatic N) is 9. The van der Waals surface area contributed by atoms with E-state index in [2.05, 4.69) is 261 Å². The number of carbonyl (C=O) groups is 1. The summed E-state index contributed by atoms with van der Waals surface area (Å²) in [7, 11) is 12.8. The Kier molecular flexibility index (Phi) is 27.3. The first-order valence-corrected chi connectivity index (χ1v) is 46.6. The Labute approximate surface area is 749 Å². The molecule has 0 aliphatic carbocycles. The van der Waals surface area contributed by atoms with Crippen LogP contribution in [0.1, 0.15) is 265 Å². The predicted octanol–water partition coefficient (Wildman–Crippen LogP) is 24.9. The number of methoxy groups -OCH3 is 1. The normalized spacial score (nSPS) is 29.5. The highest BCUT2D eigenvalue weighted by Gasteiger charge is 2.54. The van der Waals surface area contributed by atoms with Gasteiger partial charge in [-0.3, -0.25) is 29.3 Å². The van der Waals surface area contributed by atoms with Gasteiger partial charge < -0.3 is 22.8 Å². The lowest BCUT2D eigenvalue weighted by Crippen LogP contribution is -2.49. The zero-order valence-electron chi connectivity index (χ0n) is 73.0. The first kappa shape index (κ1) is 88.5. The molecule has 0 amide bonds. The van der Waals surface area contributed by atoms with Crippen molar-refractivity contribution in [3.8, 4) is 11.3 Å². The van der Waals surface area contributed by atoms with Gasteiger partial charge in [0.25, 0.3) is 0 Å². The van der Waals surface area contributed by atoms with Gasteiger partial charge in [0.1, 0.15) is 28.7 Å². The number of fused-ring (bicyclic) bond motifs is 11. The minimum atomic E-state index is -0.0552. The number of likely N-dealkylation sites (N-methyl/N-ethyl adjacent to an activating group) is 4. The van der Waals surface area contributed by atoms with Gasteiger partial charge in [-0.15, -0.1) is 0 Å². The molecule has 11 aromatic rings. The minimum Gasteiger partial charge on any atom is -0.469 e. The monoisotopic (exact) mass is 1740 g/mol. The van der Waals surface area contributed by atoms with Crippen LogP contribution in [-0.2, 0) is 27.8 Å². The van der Waals surface area contributed by atoms with Gasteiger partial charge in [-0.1, -0.05) is 230 Å². The van der Waals surface area contributed by atoms with Crippen molar-refractivity contribution in [2.24, 2.45) is 5.92 Å². The Hall–Kier alpha value is -7.93. The van der Waals surface area contributed by atoms with Crippen LogP contribution in [0.5, 0.6) is 0 Å². The molecule has 20 atom stereocenters. The summed E-state index contributed by atoms with van der Waals surface area (Å²) in [6, 6.07) is 71.5. The number of carbonyl (C=O) groups excluding carboxylic acids is 1. The zero-order chi connectivity index (χ0) is 84.9. The van der Waals surface area contributed by atoms with Gasteiger partial charge in [0, 0.05) is 145 Å². The Bertz CT molecular complexity index is 5220. The fraction of sp³-hybridized carbons (Fsp3) is 0.490. The first-order chi connectivity index (χ1) is 59.0. The third-order valence-electron chi connectivity index (χ3n) is 30.6. The van der Waals surface area contributed by atoms with Crippen molar-refractivity contribution in [2.75, 3.05) is 42.3 Å². The first-order valence-electron chi connectivity index (χ1n) is 45.1. The number of aromatic nitrogens is 4. The molecule has 15 unspecified atom stereocenters. The van der Waals surface area contributed by atoms with Crippen molar-refractivity contribution in [2.45, 2.75) is 277 Å². The van der Waals surface area contributed by atoms with Crippen LogP contribution in [0.25, 0.3) is 22.0 Å². The summed E-state index contributed by atoms with van der Waals surface area (Å²) in [6.07, 6.45) is 19.9. The maximum absolute atomic E-state index is 12.5. The van der Waals surface area contributed by atoms with Crippen molar-refractivity contribution < 1.29 is 27.6 Å². The lowest BCUT2D eigenvalue weighted by molar-refractivity contribution is -0.150. The van der Waals surface area contributed by atoms with Gasteiger partial charge in [0.2, 0.25) is 0 Å². The molecule has 10 aliphatic heterocycles. The number of piperidine rings is 5. The van der Waals surface area contributed by atoms with Crippen molar-refractivity contribution in [1.29, 1.82) is 0 Å². The highest BCUT2D eigenvalue weighted by Crippen LogP contribution is 2.57. The smallest absolute Gasteiger partial charge is 0.310 e. The van der Waals surface area contributed by atoms with Crippen LogP contribution >= 0.6 is 46.4 Å². The largest absolute Gasteiger partial charge is 0.469 e. The van der Waals surface area contributed by atoms with E-state index in [1.165, 1.54) is 128 Å². The molecule has 0 radical (unpaired) electrons. The minimum absolute atomic E-state index is 0. The van der Waals surface area contributed by atoms with E-state index in [0.29, 0.717) is 108 Å². The van der Waals surface area contributed by atoms with Gasteiger partial charge >= 0.3 is 5.97 Å². The summed E-state index contributed by atoms with van der Waals surface area (Å²) >= 11 is 24.4. The third-order valence-corrected chi connectivity index (χ3v) is 31.6. The van der Waals surface area contributed by atoms with Crippen LogP contribution in [0.4, 0.5) is 0 Å². The summed E-state index contributed by atoms with van der Waals surface area (Å²) in [5, 5.41) is 23.0. The molecule has 650 valence electrons. The summed E-state index contributed by atoms with van der Waals surface area (Å²) in [4.78, 5) is 25.1. The molecule has 19 heteroatoms. The average Bonchev–Trinajstić information content (AvgIpc) is 1.63. The van der Waals surface area contributed by atoms with Gasteiger partial charge in [0.15, 0.2) is 0 Å². The van der Waals surface area contributed by atoms with Crippen LogP contribution in [-0.4, -0.2) is 154 Å². The van der Waals surface area contributed by atoms with E-state index in [9.17, 15) is 4.79 Å². The topological polar surface area (TPSA) is 147 Å². The molecular formula is C104H125Cl4N9O6. The molecule has 10 aliphatic rings. The lowest BCUT2D eigenvalue weighted by Gasteiger charge is -2.42. The highest BCUT2D eigenvalue weighted by molar-refractivity contribution is 6.31. The molecule has 0 spiro atoms. The zero-order valence-corrected chi connectivity index (χ0v) is 76.0. The van der Waals surface area contributed by atoms with Crippen LogP contribution in [0.15, 0.2) is 206 Å². The summed E-state index contributed by atoms with van der Waals surface area (Å²) < 4.78 is 28.6. The lowest BCUT2D eigenvalue weighted by atomic mass is 9.74. The van der Waals surface area contributed by atoms with E-state index < -0.39 is 0 Å². The molecule has 15 nitrogen and oxygen atoms in total. The maximum Gasteiger partial charge on any atom is 0.310 e. The molecular weight excluding hydrogens is 1610 g/mol.